The van der Waals surface area contributed by atoms with Gasteiger partial charge in [0, 0.05) is 39.3 Å². The van der Waals surface area contributed by atoms with E-state index in [-0.39, 0.29) is 11.7 Å². The van der Waals surface area contributed by atoms with Gasteiger partial charge in [-0.1, -0.05) is 0 Å². The molecule has 1 aromatic heterocycles. The minimum atomic E-state index is 0.0205. The highest BCUT2D eigenvalue weighted by atomic mass is 16.2. The zero-order valence-corrected chi connectivity index (χ0v) is 10.7. The van der Waals surface area contributed by atoms with Crippen molar-refractivity contribution in [2.75, 3.05) is 31.1 Å². The summed E-state index contributed by atoms with van der Waals surface area (Å²) in [6, 6.07) is 3.56. The lowest BCUT2D eigenvalue weighted by Crippen LogP contribution is -2.48. The number of rotatable bonds is 2. The maximum Gasteiger partial charge on any atom is 0.219 e. The third kappa shape index (κ3) is 2.50. The molecular weight excluding hydrogens is 230 g/mol. The van der Waals surface area contributed by atoms with Crippen LogP contribution < -0.4 is 4.90 Å². The van der Waals surface area contributed by atoms with Crippen molar-refractivity contribution in [3.05, 3.63) is 23.9 Å². The van der Waals surface area contributed by atoms with E-state index in [1.807, 2.05) is 4.90 Å². The van der Waals surface area contributed by atoms with Gasteiger partial charge in [-0.15, -0.1) is 0 Å². The summed E-state index contributed by atoms with van der Waals surface area (Å²) in [5.74, 6) is 0.850. The van der Waals surface area contributed by atoms with Crippen molar-refractivity contribution in [2.24, 2.45) is 0 Å². The fourth-order valence-corrected chi connectivity index (χ4v) is 2.16. The van der Waals surface area contributed by atoms with Crippen molar-refractivity contribution < 1.29 is 9.59 Å². The van der Waals surface area contributed by atoms with E-state index in [0.717, 1.165) is 18.9 Å². The van der Waals surface area contributed by atoms with Gasteiger partial charge in [0.1, 0.15) is 5.82 Å². The molecule has 0 aliphatic carbocycles. The monoisotopic (exact) mass is 247 g/mol. The Morgan fingerprint density at radius 2 is 1.83 bits per heavy atom. The molecule has 0 saturated carbocycles. The molecule has 96 valence electrons. The van der Waals surface area contributed by atoms with Gasteiger partial charge in [0.05, 0.1) is 5.56 Å². The third-order valence-corrected chi connectivity index (χ3v) is 3.19. The smallest absolute Gasteiger partial charge is 0.219 e. The summed E-state index contributed by atoms with van der Waals surface area (Å²) in [6.45, 7) is 5.93. The molecule has 5 heteroatoms. The fourth-order valence-electron chi connectivity index (χ4n) is 2.16. The number of carbonyl (C=O) groups excluding carboxylic acids is 2. The first kappa shape index (κ1) is 12.5. The topological polar surface area (TPSA) is 53.5 Å². The molecule has 1 amide bonds. The third-order valence-electron chi connectivity index (χ3n) is 3.19. The van der Waals surface area contributed by atoms with E-state index in [1.165, 1.54) is 0 Å². The Morgan fingerprint density at radius 1 is 1.17 bits per heavy atom. The van der Waals surface area contributed by atoms with Crippen molar-refractivity contribution in [2.45, 2.75) is 13.8 Å². The Hall–Kier alpha value is -1.91. The van der Waals surface area contributed by atoms with Gasteiger partial charge < -0.3 is 9.80 Å². The lowest BCUT2D eigenvalue weighted by molar-refractivity contribution is -0.129. The highest BCUT2D eigenvalue weighted by Gasteiger charge is 2.22. The lowest BCUT2D eigenvalue weighted by atomic mass is 10.1. The number of hydrogen-bond donors (Lipinski definition) is 0. The highest BCUT2D eigenvalue weighted by Crippen LogP contribution is 2.19. The van der Waals surface area contributed by atoms with Crippen LogP contribution in [0.3, 0.4) is 0 Å². The molecule has 2 rings (SSSR count). The maximum atomic E-state index is 11.6. The molecule has 0 unspecified atom stereocenters. The summed E-state index contributed by atoms with van der Waals surface area (Å²) >= 11 is 0. The average Bonchev–Trinajstić information content (AvgIpc) is 2.39. The SMILES string of the molecule is CC(=O)c1cccnc1N1CCN(C(C)=O)CC1. The van der Waals surface area contributed by atoms with Crippen molar-refractivity contribution in [3.63, 3.8) is 0 Å². The zero-order valence-electron chi connectivity index (χ0n) is 10.7. The van der Waals surface area contributed by atoms with E-state index in [2.05, 4.69) is 9.88 Å². The van der Waals surface area contributed by atoms with Gasteiger partial charge in [0.2, 0.25) is 5.91 Å². The number of anilines is 1. The Morgan fingerprint density at radius 3 is 2.39 bits per heavy atom. The number of amides is 1. The Labute approximate surface area is 106 Å². The molecule has 1 saturated heterocycles. The fraction of sp³-hybridized carbons (Fsp3) is 0.462. The Bertz CT molecular complexity index is 465. The first-order valence-electron chi connectivity index (χ1n) is 6.06. The Balaban J connectivity index is 2.15. The number of pyridine rings is 1. The lowest BCUT2D eigenvalue weighted by Gasteiger charge is -2.35. The summed E-state index contributed by atoms with van der Waals surface area (Å²) in [4.78, 5) is 31.0. The van der Waals surface area contributed by atoms with Crippen molar-refractivity contribution >= 4 is 17.5 Å². The first-order chi connectivity index (χ1) is 8.59. The van der Waals surface area contributed by atoms with Crippen LogP contribution in [-0.2, 0) is 4.79 Å². The van der Waals surface area contributed by atoms with Gasteiger partial charge in [0.15, 0.2) is 5.78 Å². The van der Waals surface area contributed by atoms with Gasteiger partial charge in [-0.05, 0) is 19.1 Å². The summed E-state index contributed by atoms with van der Waals surface area (Å²) in [7, 11) is 0. The summed E-state index contributed by atoms with van der Waals surface area (Å²) in [5, 5.41) is 0. The van der Waals surface area contributed by atoms with Crippen molar-refractivity contribution in [3.8, 4) is 0 Å². The molecule has 5 nitrogen and oxygen atoms in total. The normalized spacial score (nSPS) is 15.7. The number of Topliss-reactive ketones (excluding diaryl/α,β-unsaturated/α-hetero) is 1. The molecule has 0 radical (unpaired) electrons. The number of aromatic nitrogens is 1. The molecule has 1 aromatic rings. The quantitative estimate of drug-likeness (QED) is 0.730. The number of ketones is 1. The molecule has 1 aliphatic heterocycles. The second kappa shape index (κ2) is 5.16. The summed E-state index contributed by atoms with van der Waals surface area (Å²) in [6.07, 6.45) is 1.69. The van der Waals surface area contributed by atoms with Gasteiger partial charge in [-0.3, -0.25) is 9.59 Å². The second-order valence-corrected chi connectivity index (χ2v) is 4.42. The van der Waals surface area contributed by atoms with E-state index in [4.69, 9.17) is 0 Å². The molecule has 1 aliphatic rings. The molecule has 0 aromatic carbocycles. The van der Waals surface area contributed by atoms with Crippen LogP contribution in [0.2, 0.25) is 0 Å². The van der Waals surface area contributed by atoms with Crippen molar-refractivity contribution in [1.29, 1.82) is 0 Å². The molecule has 0 atom stereocenters. The molecule has 0 bridgehead atoms. The standard InChI is InChI=1S/C13H17N3O2/c1-10(17)12-4-3-5-14-13(12)16-8-6-15(7-9-16)11(2)18/h3-5H,6-9H2,1-2H3. The summed E-state index contributed by atoms with van der Waals surface area (Å²) in [5.41, 5.74) is 0.647. The minimum absolute atomic E-state index is 0.0205. The van der Waals surface area contributed by atoms with Gasteiger partial charge in [-0.2, -0.15) is 0 Å². The van der Waals surface area contributed by atoms with Crippen LogP contribution in [0.15, 0.2) is 18.3 Å². The van der Waals surface area contributed by atoms with Gasteiger partial charge >= 0.3 is 0 Å². The largest absolute Gasteiger partial charge is 0.352 e. The van der Waals surface area contributed by atoms with Crippen LogP contribution in [0.25, 0.3) is 0 Å². The zero-order chi connectivity index (χ0) is 13.1. The van der Waals surface area contributed by atoms with E-state index >= 15 is 0 Å². The predicted octanol–water partition coefficient (Wildman–Crippen LogP) is 0.953. The van der Waals surface area contributed by atoms with E-state index < -0.39 is 0 Å². The van der Waals surface area contributed by atoms with Crippen LogP contribution in [-0.4, -0.2) is 47.8 Å². The molecular formula is C13H17N3O2. The van der Waals surface area contributed by atoms with E-state index in [0.29, 0.717) is 18.7 Å². The predicted molar refractivity (Wildman–Crippen MR) is 68.7 cm³/mol. The maximum absolute atomic E-state index is 11.6. The van der Waals surface area contributed by atoms with Gasteiger partial charge in [0.25, 0.3) is 0 Å². The number of carbonyl (C=O) groups is 2. The van der Waals surface area contributed by atoms with Crippen LogP contribution in [0, 0.1) is 0 Å². The van der Waals surface area contributed by atoms with E-state index in [1.54, 1.807) is 32.2 Å². The number of piperazine rings is 1. The van der Waals surface area contributed by atoms with Gasteiger partial charge in [-0.25, -0.2) is 4.98 Å². The molecule has 2 heterocycles. The van der Waals surface area contributed by atoms with E-state index in [9.17, 15) is 9.59 Å². The first-order valence-corrected chi connectivity index (χ1v) is 6.06. The average molecular weight is 247 g/mol. The minimum Gasteiger partial charge on any atom is -0.352 e. The van der Waals surface area contributed by atoms with Crippen LogP contribution in [0.5, 0.6) is 0 Å². The number of hydrogen-bond acceptors (Lipinski definition) is 4. The molecule has 0 spiro atoms. The van der Waals surface area contributed by atoms with Crippen molar-refractivity contribution in [1.82, 2.24) is 9.88 Å². The van der Waals surface area contributed by atoms with Crippen LogP contribution >= 0.6 is 0 Å². The van der Waals surface area contributed by atoms with Crippen LogP contribution in [0.1, 0.15) is 24.2 Å². The van der Waals surface area contributed by atoms with Crippen LogP contribution in [0.4, 0.5) is 5.82 Å². The number of nitrogens with zero attached hydrogens (tertiary/aromatic N) is 3. The Kier molecular flexibility index (Phi) is 3.60. The molecule has 1 fully saturated rings. The molecule has 0 N–H and O–H groups in total. The molecule has 18 heavy (non-hydrogen) atoms. The highest BCUT2D eigenvalue weighted by molar-refractivity contribution is 5.98. The second-order valence-electron chi connectivity index (χ2n) is 4.42. The summed E-state index contributed by atoms with van der Waals surface area (Å²) < 4.78 is 0.